The van der Waals surface area contributed by atoms with E-state index >= 15 is 0 Å². The SMILES string of the molecule is CCOC(=O)N1CCc2c(cncc2C(=O)Nc2ccc3c(c2)CCO3)C1. The predicted octanol–water partition coefficient (Wildman–Crippen LogP) is 2.78. The van der Waals surface area contributed by atoms with Gasteiger partial charge in [0.15, 0.2) is 0 Å². The number of nitrogens with one attached hydrogen (secondary N) is 1. The van der Waals surface area contributed by atoms with Crippen LogP contribution in [-0.4, -0.2) is 41.6 Å². The molecule has 2 amide bonds. The van der Waals surface area contributed by atoms with Gasteiger partial charge in [0.05, 0.1) is 25.3 Å². The summed E-state index contributed by atoms with van der Waals surface area (Å²) in [5.74, 6) is 0.689. The molecular formula is C20H21N3O4. The molecule has 3 heterocycles. The number of fused-ring (bicyclic) bond motifs is 2. The van der Waals surface area contributed by atoms with Crippen molar-refractivity contribution in [2.45, 2.75) is 26.3 Å². The highest BCUT2D eigenvalue weighted by Crippen LogP contribution is 2.28. The van der Waals surface area contributed by atoms with E-state index in [-0.39, 0.29) is 12.0 Å². The van der Waals surface area contributed by atoms with E-state index in [4.69, 9.17) is 9.47 Å². The summed E-state index contributed by atoms with van der Waals surface area (Å²) in [6, 6.07) is 5.67. The Hall–Kier alpha value is -3.09. The van der Waals surface area contributed by atoms with Crippen molar-refractivity contribution in [3.63, 3.8) is 0 Å². The van der Waals surface area contributed by atoms with E-state index in [1.54, 1.807) is 24.2 Å². The van der Waals surface area contributed by atoms with Crippen LogP contribution in [-0.2, 0) is 24.1 Å². The molecule has 2 aliphatic rings. The molecule has 4 rings (SSSR count). The lowest BCUT2D eigenvalue weighted by molar-refractivity contribution is 0.101. The van der Waals surface area contributed by atoms with Gasteiger partial charge < -0.3 is 19.7 Å². The molecule has 27 heavy (non-hydrogen) atoms. The lowest BCUT2D eigenvalue weighted by atomic mass is 9.97. The van der Waals surface area contributed by atoms with Gasteiger partial charge in [-0.05, 0) is 48.2 Å². The molecule has 140 valence electrons. The maximum Gasteiger partial charge on any atom is 0.410 e. The highest BCUT2D eigenvalue weighted by atomic mass is 16.6. The van der Waals surface area contributed by atoms with Crippen LogP contribution in [0, 0.1) is 0 Å². The fraction of sp³-hybridized carbons (Fsp3) is 0.350. The number of benzene rings is 1. The Kier molecular flexibility index (Phi) is 4.66. The summed E-state index contributed by atoms with van der Waals surface area (Å²) in [6.07, 6.45) is 4.41. The number of rotatable bonds is 3. The molecule has 0 radical (unpaired) electrons. The summed E-state index contributed by atoms with van der Waals surface area (Å²) in [7, 11) is 0. The average Bonchev–Trinajstić information content (AvgIpc) is 3.15. The van der Waals surface area contributed by atoms with Crippen LogP contribution >= 0.6 is 0 Å². The van der Waals surface area contributed by atoms with Crippen LogP contribution in [0.25, 0.3) is 0 Å². The molecule has 2 aliphatic heterocycles. The van der Waals surface area contributed by atoms with E-state index < -0.39 is 0 Å². The van der Waals surface area contributed by atoms with Crippen LogP contribution in [0.3, 0.4) is 0 Å². The molecule has 1 N–H and O–H groups in total. The summed E-state index contributed by atoms with van der Waals surface area (Å²) in [4.78, 5) is 30.6. The quantitative estimate of drug-likeness (QED) is 0.902. The second-order valence-corrected chi connectivity index (χ2v) is 6.57. The molecule has 0 bridgehead atoms. The normalized spacial score (nSPS) is 14.8. The molecule has 2 aromatic rings. The van der Waals surface area contributed by atoms with Crippen molar-refractivity contribution in [3.05, 3.63) is 52.8 Å². The third-order valence-corrected chi connectivity index (χ3v) is 4.86. The van der Waals surface area contributed by atoms with Crippen LogP contribution in [0.5, 0.6) is 5.75 Å². The average molecular weight is 367 g/mol. The van der Waals surface area contributed by atoms with E-state index in [0.717, 1.165) is 34.5 Å². The van der Waals surface area contributed by atoms with E-state index in [1.807, 2.05) is 18.2 Å². The van der Waals surface area contributed by atoms with Gasteiger partial charge >= 0.3 is 6.09 Å². The first-order chi connectivity index (χ1) is 13.2. The number of hydrogen-bond acceptors (Lipinski definition) is 5. The van der Waals surface area contributed by atoms with Gasteiger partial charge in [0.2, 0.25) is 0 Å². The second kappa shape index (κ2) is 7.26. The molecule has 0 saturated carbocycles. The first-order valence-corrected chi connectivity index (χ1v) is 9.10. The van der Waals surface area contributed by atoms with Crippen LogP contribution in [0.2, 0.25) is 0 Å². The van der Waals surface area contributed by atoms with Crippen molar-refractivity contribution in [2.75, 3.05) is 25.1 Å². The van der Waals surface area contributed by atoms with Crippen molar-refractivity contribution < 1.29 is 19.1 Å². The number of anilines is 1. The minimum Gasteiger partial charge on any atom is -0.493 e. The zero-order valence-electron chi connectivity index (χ0n) is 15.2. The Bertz CT molecular complexity index is 897. The molecule has 0 saturated heterocycles. The van der Waals surface area contributed by atoms with Gasteiger partial charge in [0.1, 0.15) is 5.75 Å². The van der Waals surface area contributed by atoms with E-state index in [1.165, 1.54) is 0 Å². The van der Waals surface area contributed by atoms with E-state index in [9.17, 15) is 9.59 Å². The lowest BCUT2D eigenvalue weighted by Gasteiger charge is -2.28. The number of carbonyl (C=O) groups is 2. The molecule has 0 fully saturated rings. The smallest absolute Gasteiger partial charge is 0.410 e. The molecule has 1 aromatic carbocycles. The molecule has 7 heteroatoms. The Balaban J connectivity index is 1.52. The second-order valence-electron chi connectivity index (χ2n) is 6.57. The fourth-order valence-corrected chi connectivity index (χ4v) is 3.52. The number of amides is 2. The zero-order chi connectivity index (χ0) is 18.8. The minimum absolute atomic E-state index is 0.192. The van der Waals surface area contributed by atoms with Gasteiger partial charge in [-0.25, -0.2) is 4.79 Å². The van der Waals surface area contributed by atoms with Gasteiger partial charge in [0, 0.05) is 31.0 Å². The standard InChI is InChI=1S/C20H21N3O4/c1-2-26-20(25)23-7-5-16-14(12-23)10-21-11-17(16)19(24)22-15-3-4-18-13(9-15)6-8-27-18/h3-4,9-11H,2,5-8,12H2,1H3,(H,22,24). The van der Waals surface area contributed by atoms with Gasteiger partial charge in [-0.3, -0.25) is 9.78 Å². The highest BCUT2D eigenvalue weighted by Gasteiger charge is 2.25. The molecule has 0 atom stereocenters. The molecule has 0 aliphatic carbocycles. The number of nitrogens with zero attached hydrogens (tertiary/aromatic N) is 2. The van der Waals surface area contributed by atoms with E-state index in [2.05, 4.69) is 10.3 Å². The first kappa shape index (κ1) is 17.3. The van der Waals surface area contributed by atoms with Gasteiger partial charge in [0.25, 0.3) is 5.91 Å². The molecule has 0 unspecified atom stereocenters. The summed E-state index contributed by atoms with van der Waals surface area (Å²) in [5.41, 5.74) is 4.21. The Labute approximate surface area is 157 Å². The van der Waals surface area contributed by atoms with Gasteiger partial charge in [-0.2, -0.15) is 0 Å². The summed E-state index contributed by atoms with van der Waals surface area (Å²) >= 11 is 0. The number of carbonyl (C=O) groups excluding carboxylic acids is 2. The Morgan fingerprint density at radius 1 is 1.26 bits per heavy atom. The zero-order valence-corrected chi connectivity index (χ0v) is 15.2. The Morgan fingerprint density at radius 2 is 2.15 bits per heavy atom. The lowest BCUT2D eigenvalue weighted by Crippen LogP contribution is -2.37. The Morgan fingerprint density at radius 3 is 3.00 bits per heavy atom. The maximum atomic E-state index is 12.8. The highest BCUT2D eigenvalue weighted by molar-refractivity contribution is 6.05. The van der Waals surface area contributed by atoms with Crippen molar-refractivity contribution >= 4 is 17.7 Å². The van der Waals surface area contributed by atoms with Crippen molar-refractivity contribution in [2.24, 2.45) is 0 Å². The first-order valence-electron chi connectivity index (χ1n) is 9.10. The molecule has 1 aromatic heterocycles. The van der Waals surface area contributed by atoms with Crippen LogP contribution in [0.15, 0.2) is 30.6 Å². The fourth-order valence-electron chi connectivity index (χ4n) is 3.52. The largest absolute Gasteiger partial charge is 0.493 e. The topological polar surface area (TPSA) is 80.8 Å². The minimum atomic E-state index is -0.335. The van der Waals surface area contributed by atoms with Crippen molar-refractivity contribution in [3.8, 4) is 5.75 Å². The number of pyridine rings is 1. The van der Waals surface area contributed by atoms with Crippen LogP contribution < -0.4 is 10.1 Å². The number of ether oxygens (including phenoxy) is 2. The third-order valence-electron chi connectivity index (χ3n) is 4.86. The summed E-state index contributed by atoms with van der Waals surface area (Å²) in [5, 5.41) is 2.95. The van der Waals surface area contributed by atoms with Crippen LogP contribution in [0.4, 0.5) is 10.5 Å². The molecular weight excluding hydrogens is 346 g/mol. The third kappa shape index (κ3) is 3.45. The van der Waals surface area contributed by atoms with Gasteiger partial charge in [-0.1, -0.05) is 0 Å². The number of aromatic nitrogens is 1. The van der Waals surface area contributed by atoms with Crippen LogP contribution in [0.1, 0.15) is 34.0 Å². The predicted molar refractivity (Wildman–Crippen MR) is 99.0 cm³/mol. The maximum absolute atomic E-state index is 12.8. The van der Waals surface area contributed by atoms with Crippen molar-refractivity contribution in [1.29, 1.82) is 0 Å². The van der Waals surface area contributed by atoms with Crippen molar-refractivity contribution in [1.82, 2.24) is 9.88 Å². The monoisotopic (exact) mass is 367 g/mol. The molecule has 7 nitrogen and oxygen atoms in total. The van der Waals surface area contributed by atoms with E-state index in [0.29, 0.717) is 38.3 Å². The molecule has 0 spiro atoms. The summed E-state index contributed by atoms with van der Waals surface area (Å²) < 4.78 is 10.6. The van der Waals surface area contributed by atoms with Gasteiger partial charge in [-0.15, -0.1) is 0 Å². The summed E-state index contributed by atoms with van der Waals surface area (Å²) in [6.45, 7) is 3.73. The number of hydrogen-bond donors (Lipinski definition) is 1.